The number of piperidine rings is 1. The van der Waals surface area contributed by atoms with Gasteiger partial charge >= 0.3 is 0 Å². The van der Waals surface area contributed by atoms with Crippen LogP contribution in [-0.2, 0) is 9.59 Å². The van der Waals surface area contributed by atoms with Crippen LogP contribution < -0.4 is 5.32 Å². The van der Waals surface area contributed by atoms with E-state index in [1.165, 1.54) is 0 Å². The van der Waals surface area contributed by atoms with Gasteiger partial charge in [0.25, 0.3) is 0 Å². The van der Waals surface area contributed by atoms with Crippen LogP contribution in [0.4, 0.5) is 0 Å². The van der Waals surface area contributed by atoms with Gasteiger partial charge in [-0.15, -0.1) is 0 Å². The van der Waals surface area contributed by atoms with Gasteiger partial charge in [0.1, 0.15) is 0 Å². The minimum atomic E-state index is 0.0836. The Kier molecular flexibility index (Phi) is 6.84. The van der Waals surface area contributed by atoms with E-state index < -0.39 is 0 Å². The molecule has 0 aromatic carbocycles. The summed E-state index contributed by atoms with van der Waals surface area (Å²) in [5.74, 6) is 0.437. The second-order valence-corrected chi connectivity index (χ2v) is 5.46. The molecule has 1 heterocycles. The first-order valence-electron chi connectivity index (χ1n) is 7.24. The molecular weight excluding hydrogens is 242 g/mol. The van der Waals surface area contributed by atoms with E-state index in [1.807, 2.05) is 25.9 Å². The van der Waals surface area contributed by atoms with Crippen LogP contribution in [0.5, 0.6) is 0 Å². The number of hydrogen-bond acceptors (Lipinski definition) is 3. The van der Waals surface area contributed by atoms with Crippen molar-refractivity contribution < 1.29 is 9.59 Å². The average Bonchev–Trinajstić information content (AvgIpc) is 2.42. The Morgan fingerprint density at radius 1 is 1.26 bits per heavy atom. The van der Waals surface area contributed by atoms with E-state index in [4.69, 9.17) is 0 Å². The number of nitrogens with zero attached hydrogens (tertiary/aromatic N) is 2. The molecule has 1 rings (SSSR count). The summed E-state index contributed by atoms with van der Waals surface area (Å²) in [6.45, 7) is 5.06. The Labute approximate surface area is 116 Å². The molecule has 1 N–H and O–H groups in total. The van der Waals surface area contributed by atoms with Gasteiger partial charge in [-0.3, -0.25) is 9.59 Å². The summed E-state index contributed by atoms with van der Waals surface area (Å²) in [6.07, 6.45) is 3.13. The van der Waals surface area contributed by atoms with Gasteiger partial charge in [0.05, 0.1) is 0 Å². The van der Waals surface area contributed by atoms with Gasteiger partial charge in [-0.2, -0.15) is 0 Å². The molecule has 0 bridgehead atoms. The highest BCUT2D eigenvalue weighted by molar-refractivity contribution is 5.80. The first-order valence-corrected chi connectivity index (χ1v) is 7.24. The second kappa shape index (κ2) is 8.15. The Bertz CT molecular complexity index is 297. The summed E-state index contributed by atoms with van der Waals surface area (Å²) in [4.78, 5) is 27.5. The number of amides is 2. The first kappa shape index (κ1) is 16.0. The third kappa shape index (κ3) is 5.59. The summed E-state index contributed by atoms with van der Waals surface area (Å²) in [5.41, 5.74) is 0. The Morgan fingerprint density at radius 2 is 1.89 bits per heavy atom. The molecule has 19 heavy (non-hydrogen) atoms. The van der Waals surface area contributed by atoms with Crippen molar-refractivity contribution in [2.24, 2.45) is 5.92 Å². The molecule has 1 saturated heterocycles. The third-order valence-electron chi connectivity index (χ3n) is 3.60. The Balaban J connectivity index is 2.20. The normalized spacial score (nSPS) is 16.7. The quantitative estimate of drug-likeness (QED) is 0.722. The first-order chi connectivity index (χ1) is 9.04. The third-order valence-corrected chi connectivity index (χ3v) is 3.60. The van der Waals surface area contributed by atoms with Crippen LogP contribution in [0.2, 0.25) is 0 Å². The molecule has 0 aromatic heterocycles. The van der Waals surface area contributed by atoms with Crippen LogP contribution in [0.15, 0.2) is 0 Å². The van der Waals surface area contributed by atoms with Crippen molar-refractivity contribution in [1.29, 1.82) is 0 Å². The maximum Gasteiger partial charge on any atom is 0.223 e. The van der Waals surface area contributed by atoms with Gasteiger partial charge in [0.15, 0.2) is 0 Å². The molecule has 1 fully saturated rings. The molecule has 0 radical (unpaired) electrons. The van der Waals surface area contributed by atoms with E-state index in [2.05, 4.69) is 10.2 Å². The number of hydrogen-bond donors (Lipinski definition) is 1. The summed E-state index contributed by atoms with van der Waals surface area (Å²) < 4.78 is 0. The van der Waals surface area contributed by atoms with Crippen molar-refractivity contribution in [3.8, 4) is 0 Å². The predicted octanol–water partition coefficient (Wildman–Crippen LogP) is 0.703. The maximum absolute atomic E-state index is 12.0. The fourth-order valence-corrected chi connectivity index (χ4v) is 2.37. The smallest absolute Gasteiger partial charge is 0.223 e. The number of carbonyl (C=O) groups is 2. The molecule has 110 valence electrons. The molecular formula is C14H27N3O2. The zero-order valence-electron chi connectivity index (χ0n) is 12.4. The molecule has 0 aromatic rings. The highest BCUT2D eigenvalue weighted by Gasteiger charge is 2.26. The van der Waals surface area contributed by atoms with Crippen molar-refractivity contribution in [2.75, 3.05) is 40.3 Å². The Morgan fingerprint density at radius 3 is 2.42 bits per heavy atom. The zero-order valence-corrected chi connectivity index (χ0v) is 12.4. The molecule has 0 atom stereocenters. The fourth-order valence-electron chi connectivity index (χ4n) is 2.37. The molecule has 0 aliphatic carbocycles. The minimum Gasteiger partial charge on any atom is -0.356 e. The number of nitrogens with one attached hydrogen (secondary N) is 1. The minimum absolute atomic E-state index is 0.0836. The van der Waals surface area contributed by atoms with Crippen molar-refractivity contribution in [3.05, 3.63) is 0 Å². The highest BCUT2D eigenvalue weighted by atomic mass is 16.2. The van der Waals surface area contributed by atoms with E-state index >= 15 is 0 Å². The predicted molar refractivity (Wildman–Crippen MR) is 75.8 cm³/mol. The van der Waals surface area contributed by atoms with Crippen LogP contribution >= 0.6 is 0 Å². The molecule has 0 spiro atoms. The van der Waals surface area contributed by atoms with Crippen LogP contribution in [-0.4, -0.2) is 61.9 Å². The van der Waals surface area contributed by atoms with Crippen LogP contribution in [0.3, 0.4) is 0 Å². The topological polar surface area (TPSA) is 52.7 Å². The molecule has 2 amide bonds. The molecule has 0 unspecified atom stereocenters. The summed E-state index contributed by atoms with van der Waals surface area (Å²) in [6, 6.07) is 0. The van der Waals surface area contributed by atoms with Crippen LogP contribution in [0.1, 0.15) is 32.6 Å². The second-order valence-electron chi connectivity index (χ2n) is 5.46. The summed E-state index contributed by atoms with van der Waals surface area (Å²) >= 11 is 0. The van der Waals surface area contributed by atoms with E-state index in [0.717, 1.165) is 45.4 Å². The zero-order chi connectivity index (χ0) is 14.3. The molecule has 5 nitrogen and oxygen atoms in total. The maximum atomic E-state index is 12.0. The average molecular weight is 269 g/mol. The number of carbonyl (C=O) groups excluding carboxylic acids is 2. The van der Waals surface area contributed by atoms with Gasteiger partial charge < -0.3 is 15.1 Å². The molecule has 5 heteroatoms. The summed E-state index contributed by atoms with van der Waals surface area (Å²) in [5, 5.41) is 3.00. The van der Waals surface area contributed by atoms with E-state index in [1.54, 1.807) is 0 Å². The standard InChI is InChI=1S/C14H27N3O2/c1-4-13(18)17-10-6-12(7-11-17)14(19)15-8-5-9-16(2)3/h12H,4-11H2,1-3H3,(H,15,19). The Hall–Kier alpha value is -1.10. The lowest BCUT2D eigenvalue weighted by Gasteiger charge is -2.31. The molecule has 1 aliphatic heterocycles. The van der Waals surface area contributed by atoms with Crippen LogP contribution in [0, 0.1) is 5.92 Å². The lowest BCUT2D eigenvalue weighted by Crippen LogP contribution is -2.43. The van der Waals surface area contributed by atoms with Gasteiger partial charge in [-0.1, -0.05) is 6.92 Å². The van der Waals surface area contributed by atoms with Gasteiger partial charge in [-0.05, 0) is 39.9 Å². The fraction of sp³-hybridized carbons (Fsp3) is 0.857. The number of rotatable bonds is 6. The van der Waals surface area contributed by atoms with E-state index in [0.29, 0.717) is 6.42 Å². The van der Waals surface area contributed by atoms with Crippen molar-refractivity contribution in [2.45, 2.75) is 32.6 Å². The van der Waals surface area contributed by atoms with Crippen LogP contribution in [0.25, 0.3) is 0 Å². The largest absolute Gasteiger partial charge is 0.356 e. The van der Waals surface area contributed by atoms with Crippen molar-refractivity contribution in [3.63, 3.8) is 0 Å². The SMILES string of the molecule is CCC(=O)N1CCC(C(=O)NCCCN(C)C)CC1. The lowest BCUT2D eigenvalue weighted by molar-refractivity contribution is -0.135. The van der Waals surface area contributed by atoms with E-state index in [9.17, 15) is 9.59 Å². The van der Waals surface area contributed by atoms with E-state index in [-0.39, 0.29) is 17.7 Å². The molecule has 0 saturated carbocycles. The summed E-state index contributed by atoms with van der Waals surface area (Å²) in [7, 11) is 4.06. The van der Waals surface area contributed by atoms with Gasteiger partial charge in [0, 0.05) is 32.0 Å². The molecule has 1 aliphatic rings. The van der Waals surface area contributed by atoms with Crippen molar-refractivity contribution in [1.82, 2.24) is 15.1 Å². The lowest BCUT2D eigenvalue weighted by atomic mass is 9.95. The van der Waals surface area contributed by atoms with Gasteiger partial charge in [0.2, 0.25) is 11.8 Å². The number of likely N-dealkylation sites (tertiary alicyclic amines) is 1. The highest BCUT2D eigenvalue weighted by Crippen LogP contribution is 2.17. The van der Waals surface area contributed by atoms with Crippen molar-refractivity contribution >= 4 is 11.8 Å². The van der Waals surface area contributed by atoms with Gasteiger partial charge in [-0.25, -0.2) is 0 Å². The monoisotopic (exact) mass is 269 g/mol.